The molecule has 3 aromatic rings. The monoisotopic (exact) mass is 421 g/mol. The van der Waals surface area contributed by atoms with Crippen LogP contribution in [0.25, 0.3) is 21.5 Å². The standard InChI is InChI=1S/C14H6F3NO7S2/c15-14(16,17)27(22,23)25-7-2-1-6-3-8(13(21)24-10(6)4-7)11-18-9(5-26-11)12(19)20/h1-5H,(H,19,20). The second-order valence-electron chi connectivity index (χ2n) is 4.97. The highest BCUT2D eigenvalue weighted by Gasteiger charge is 2.48. The second-order valence-corrected chi connectivity index (χ2v) is 7.37. The lowest BCUT2D eigenvalue weighted by molar-refractivity contribution is -0.0500. The van der Waals surface area contributed by atoms with E-state index < -0.39 is 33.0 Å². The molecule has 0 spiro atoms. The highest BCUT2D eigenvalue weighted by molar-refractivity contribution is 7.88. The first-order chi connectivity index (χ1) is 12.5. The van der Waals surface area contributed by atoms with Crippen molar-refractivity contribution in [2.24, 2.45) is 0 Å². The number of benzene rings is 1. The van der Waals surface area contributed by atoms with Crippen LogP contribution in [0.4, 0.5) is 13.2 Å². The fourth-order valence-electron chi connectivity index (χ4n) is 1.96. The number of carboxylic acids is 1. The van der Waals surface area contributed by atoms with Crippen LogP contribution in [0.5, 0.6) is 5.75 Å². The summed E-state index contributed by atoms with van der Waals surface area (Å²) in [5, 5.41) is 10.4. The highest BCUT2D eigenvalue weighted by Crippen LogP contribution is 2.30. The Labute approximate surface area is 151 Å². The van der Waals surface area contributed by atoms with Gasteiger partial charge in [0, 0.05) is 16.8 Å². The lowest BCUT2D eigenvalue weighted by atomic mass is 10.2. The fourth-order valence-corrected chi connectivity index (χ4v) is 3.21. The maximum atomic E-state index is 12.4. The van der Waals surface area contributed by atoms with Gasteiger partial charge in [-0.2, -0.15) is 21.6 Å². The van der Waals surface area contributed by atoms with Crippen LogP contribution in [-0.2, 0) is 10.1 Å². The van der Waals surface area contributed by atoms with E-state index in [9.17, 15) is 31.2 Å². The predicted octanol–water partition coefficient (Wildman–Crippen LogP) is 2.84. The van der Waals surface area contributed by atoms with E-state index >= 15 is 0 Å². The minimum absolute atomic E-state index is 0.0587. The average molecular weight is 421 g/mol. The van der Waals surface area contributed by atoms with Crippen molar-refractivity contribution >= 4 is 38.4 Å². The van der Waals surface area contributed by atoms with E-state index in [-0.39, 0.29) is 27.2 Å². The van der Waals surface area contributed by atoms with Crippen LogP contribution in [0, 0.1) is 0 Å². The average Bonchev–Trinajstić information content (AvgIpc) is 3.02. The Morgan fingerprint density at radius 3 is 2.56 bits per heavy atom. The van der Waals surface area contributed by atoms with Gasteiger partial charge in [-0.1, -0.05) is 0 Å². The number of carboxylic acid groups (broad SMARTS) is 1. The summed E-state index contributed by atoms with van der Waals surface area (Å²) in [6, 6.07) is 4.22. The zero-order valence-corrected chi connectivity index (χ0v) is 14.3. The molecule has 1 N–H and O–H groups in total. The van der Waals surface area contributed by atoms with Gasteiger partial charge in [0.1, 0.15) is 16.3 Å². The number of nitrogens with zero attached hydrogens (tertiary/aromatic N) is 1. The van der Waals surface area contributed by atoms with Crippen molar-refractivity contribution in [3.63, 3.8) is 0 Å². The molecule has 0 saturated carbocycles. The molecule has 0 amide bonds. The summed E-state index contributed by atoms with van der Waals surface area (Å²) in [5.74, 6) is -1.98. The molecule has 0 bridgehead atoms. The van der Waals surface area contributed by atoms with Gasteiger partial charge in [0.05, 0.1) is 5.56 Å². The van der Waals surface area contributed by atoms with Crippen molar-refractivity contribution in [3.05, 3.63) is 45.8 Å². The van der Waals surface area contributed by atoms with Crippen LogP contribution in [0.2, 0.25) is 0 Å². The largest absolute Gasteiger partial charge is 0.534 e. The Bertz CT molecular complexity index is 1210. The summed E-state index contributed by atoms with van der Waals surface area (Å²) in [6.07, 6.45) is 0. The van der Waals surface area contributed by atoms with Crippen molar-refractivity contribution in [2.75, 3.05) is 0 Å². The predicted molar refractivity (Wildman–Crippen MR) is 86.2 cm³/mol. The maximum absolute atomic E-state index is 12.4. The summed E-state index contributed by atoms with van der Waals surface area (Å²) < 4.78 is 68.1. The Balaban J connectivity index is 2.03. The van der Waals surface area contributed by atoms with Crippen molar-refractivity contribution in [2.45, 2.75) is 5.51 Å². The first kappa shape index (κ1) is 18.8. The first-order valence-electron chi connectivity index (χ1n) is 6.76. The lowest BCUT2D eigenvalue weighted by Crippen LogP contribution is -2.28. The molecule has 2 heterocycles. The molecule has 0 radical (unpaired) electrons. The lowest BCUT2D eigenvalue weighted by Gasteiger charge is -2.09. The number of hydrogen-bond donors (Lipinski definition) is 1. The van der Waals surface area contributed by atoms with E-state index in [1.54, 1.807) is 0 Å². The normalized spacial score (nSPS) is 12.3. The Hall–Kier alpha value is -2.93. The quantitative estimate of drug-likeness (QED) is 0.387. The fraction of sp³-hybridized carbons (Fsp3) is 0.0714. The number of halogens is 3. The molecule has 0 aliphatic heterocycles. The SMILES string of the molecule is O=C(O)c1csc(-c2cc3ccc(OS(=O)(=O)C(F)(F)F)cc3oc2=O)n1. The van der Waals surface area contributed by atoms with E-state index in [1.807, 2.05) is 0 Å². The number of alkyl halides is 3. The molecule has 3 rings (SSSR count). The Morgan fingerprint density at radius 1 is 1.26 bits per heavy atom. The van der Waals surface area contributed by atoms with Crippen LogP contribution in [-0.4, -0.2) is 30.0 Å². The minimum atomic E-state index is -5.87. The first-order valence-corrected chi connectivity index (χ1v) is 9.04. The van der Waals surface area contributed by atoms with Gasteiger partial charge in [-0.15, -0.1) is 11.3 Å². The zero-order chi connectivity index (χ0) is 20.0. The molecule has 13 heteroatoms. The second kappa shape index (κ2) is 6.35. The van der Waals surface area contributed by atoms with Crippen molar-refractivity contribution in [3.8, 4) is 16.3 Å². The van der Waals surface area contributed by atoms with E-state index in [1.165, 1.54) is 17.5 Å². The molecular formula is C14H6F3NO7S2. The minimum Gasteiger partial charge on any atom is -0.476 e. The van der Waals surface area contributed by atoms with Crippen LogP contribution in [0.15, 0.2) is 38.9 Å². The molecule has 0 fully saturated rings. The topological polar surface area (TPSA) is 124 Å². The molecule has 0 aliphatic rings. The molecule has 27 heavy (non-hydrogen) atoms. The molecule has 0 saturated heterocycles. The van der Waals surface area contributed by atoms with Gasteiger partial charge in [-0.05, 0) is 18.2 Å². The highest BCUT2D eigenvalue weighted by atomic mass is 32.2. The van der Waals surface area contributed by atoms with Gasteiger partial charge in [-0.3, -0.25) is 0 Å². The third-order valence-electron chi connectivity index (χ3n) is 3.15. The Kier molecular flexibility index (Phi) is 4.43. The van der Waals surface area contributed by atoms with Crippen molar-refractivity contribution in [1.29, 1.82) is 0 Å². The van der Waals surface area contributed by atoms with Gasteiger partial charge in [-0.25, -0.2) is 14.6 Å². The molecule has 142 valence electrons. The number of aromatic nitrogens is 1. The maximum Gasteiger partial charge on any atom is 0.534 e. The molecule has 1 aromatic carbocycles. The zero-order valence-electron chi connectivity index (χ0n) is 12.7. The molecule has 0 atom stereocenters. The molecule has 0 unspecified atom stereocenters. The summed E-state index contributed by atoms with van der Waals surface area (Å²) in [6.45, 7) is 0. The molecule has 2 aromatic heterocycles. The summed E-state index contributed by atoms with van der Waals surface area (Å²) >= 11 is 0.886. The van der Waals surface area contributed by atoms with Crippen LogP contribution >= 0.6 is 11.3 Å². The number of fused-ring (bicyclic) bond motifs is 1. The van der Waals surface area contributed by atoms with Gasteiger partial charge in [0.2, 0.25) is 0 Å². The van der Waals surface area contributed by atoms with E-state index in [4.69, 9.17) is 9.52 Å². The van der Waals surface area contributed by atoms with Gasteiger partial charge < -0.3 is 13.7 Å². The van der Waals surface area contributed by atoms with Gasteiger partial charge in [0.25, 0.3) is 0 Å². The third kappa shape index (κ3) is 3.64. The number of hydrogen-bond acceptors (Lipinski definition) is 8. The molecular weight excluding hydrogens is 415 g/mol. The Morgan fingerprint density at radius 2 is 1.96 bits per heavy atom. The summed E-state index contributed by atoms with van der Waals surface area (Å²) in [4.78, 5) is 26.7. The van der Waals surface area contributed by atoms with Gasteiger partial charge >= 0.3 is 27.2 Å². The smallest absolute Gasteiger partial charge is 0.476 e. The van der Waals surface area contributed by atoms with E-state index in [0.29, 0.717) is 0 Å². The van der Waals surface area contributed by atoms with Crippen molar-refractivity contribution < 1.29 is 40.1 Å². The molecule has 0 aliphatic carbocycles. The summed E-state index contributed by atoms with van der Waals surface area (Å²) in [5.41, 5.74) is -7.11. The van der Waals surface area contributed by atoms with Crippen LogP contribution < -0.4 is 9.81 Å². The number of thiazole rings is 1. The van der Waals surface area contributed by atoms with Crippen LogP contribution in [0.1, 0.15) is 10.5 Å². The van der Waals surface area contributed by atoms with E-state index in [2.05, 4.69) is 9.17 Å². The number of aromatic carboxylic acids is 1. The summed E-state index contributed by atoms with van der Waals surface area (Å²) in [7, 11) is -5.87. The third-order valence-corrected chi connectivity index (χ3v) is 5.00. The number of carbonyl (C=O) groups is 1. The van der Waals surface area contributed by atoms with E-state index in [0.717, 1.165) is 23.5 Å². The molecule has 8 nitrogen and oxygen atoms in total. The van der Waals surface area contributed by atoms with Gasteiger partial charge in [0.15, 0.2) is 5.69 Å². The van der Waals surface area contributed by atoms with Crippen molar-refractivity contribution in [1.82, 2.24) is 4.98 Å². The van der Waals surface area contributed by atoms with Crippen LogP contribution in [0.3, 0.4) is 0 Å². The number of rotatable bonds is 4.